The van der Waals surface area contributed by atoms with Gasteiger partial charge in [-0.2, -0.15) is 0 Å². The Labute approximate surface area is 168 Å². The molecule has 0 aliphatic heterocycles. The van der Waals surface area contributed by atoms with Crippen molar-refractivity contribution in [2.75, 3.05) is 5.73 Å². The van der Waals surface area contributed by atoms with Crippen molar-refractivity contribution in [2.45, 2.75) is 26.5 Å². The zero-order chi connectivity index (χ0) is 20.4. The van der Waals surface area contributed by atoms with Gasteiger partial charge in [0, 0.05) is 47.3 Å². The van der Waals surface area contributed by atoms with Gasteiger partial charge in [-0.3, -0.25) is 0 Å². The Morgan fingerprint density at radius 3 is 2.86 bits per heavy atom. The van der Waals surface area contributed by atoms with Gasteiger partial charge in [0.15, 0.2) is 11.9 Å². The zero-order valence-electron chi connectivity index (χ0n) is 16.2. The molecule has 4 rings (SSSR count). The highest BCUT2D eigenvalue weighted by Crippen LogP contribution is 2.24. The molecule has 144 valence electrons. The summed E-state index contributed by atoms with van der Waals surface area (Å²) in [7, 11) is 0. The molecule has 3 N–H and O–H groups in total. The van der Waals surface area contributed by atoms with Gasteiger partial charge < -0.3 is 15.4 Å². The molecule has 1 aromatic carbocycles. The van der Waals surface area contributed by atoms with Crippen LogP contribution in [0.5, 0.6) is 0 Å². The van der Waals surface area contributed by atoms with E-state index in [1.54, 1.807) is 12.4 Å². The van der Waals surface area contributed by atoms with Crippen LogP contribution >= 0.6 is 0 Å². The second-order valence-corrected chi connectivity index (χ2v) is 6.55. The quantitative estimate of drug-likeness (QED) is 0.527. The fourth-order valence-electron chi connectivity index (χ4n) is 3.15. The van der Waals surface area contributed by atoms with Crippen LogP contribution < -0.4 is 5.73 Å². The molecule has 7 nitrogen and oxygen atoms in total. The van der Waals surface area contributed by atoms with E-state index in [-0.39, 0.29) is 0 Å². The fourth-order valence-corrected chi connectivity index (χ4v) is 3.15. The average Bonchev–Trinajstić information content (AvgIpc) is 3.22. The lowest BCUT2D eigenvalue weighted by Gasteiger charge is -2.07. The number of imidazole rings is 1. The van der Waals surface area contributed by atoms with Crippen molar-refractivity contribution in [3.63, 3.8) is 0 Å². The van der Waals surface area contributed by atoms with Gasteiger partial charge in [-0.15, -0.1) is 0 Å². The number of hydrogen-bond acceptors (Lipinski definition) is 6. The third kappa shape index (κ3) is 3.66. The number of aryl methyl sites for hydroxylation is 2. The van der Waals surface area contributed by atoms with Crippen LogP contribution in [-0.2, 0) is 6.54 Å². The van der Waals surface area contributed by atoms with Crippen molar-refractivity contribution in [2.24, 2.45) is 0 Å². The number of aromatic nitrogens is 5. The SMILES string of the molecule is CCn1ccnc1C(O)C#Cc1cccc(-c2nc(C)c3ccnc(N)c3n2)c1. The van der Waals surface area contributed by atoms with Crippen molar-refractivity contribution in [1.29, 1.82) is 0 Å². The zero-order valence-corrected chi connectivity index (χ0v) is 16.2. The number of rotatable bonds is 3. The Balaban J connectivity index is 1.69. The number of hydrogen-bond donors (Lipinski definition) is 2. The van der Waals surface area contributed by atoms with E-state index in [0.717, 1.165) is 28.8 Å². The molecule has 4 aromatic rings. The molecule has 29 heavy (non-hydrogen) atoms. The summed E-state index contributed by atoms with van der Waals surface area (Å²) in [5, 5.41) is 11.2. The molecular weight excluding hydrogens is 364 g/mol. The van der Waals surface area contributed by atoms with E-state index in [1.807, 2.05) is 54.9 Å². The van der Waals surface area contributed by atoms with Gasteiger partial charge in [0.2, 0.25) is 0 Å². The number of aliphatic hydroxyl groups excluding tert-OH is 1. The lowest BCUT2D eigenvalue weighted by Crippen LogP contribution is -2.05. The monoisotopic (exact) mass is 384 g/mol. The number of nitrogens with two attached hydrogens (primary N) is 1. The molecule has 0 radical (unpaired) electrons. The van der Waals surface area contributed by atoms with Crippen molar-refractivity contribution >= 4 is 16.7 Å². The Bertz CT molecular complexity index is 1250. The van der Waals surface area contributed by atoms with E-state index < -0.39 is 6.10 Å². The molecule has 1 unspecified atom stereocenters. The van der Waals surface area contributed by atoms with Gasteiger partial charge >= 0.3 is 0 Å². The first-order valence-corrected chi connectivity index (χ1v) is 9.26. The van der Waals surface area contributed by atoms with Crippen molar-refractivity contribution in [3.8, 4) is 23.2 Å². The van der Waals surface area contributed by atoms with Crippen molar-refractivity contribution < 1.29 is 5.11 Å². The third-order valence-corrected chi connectivity index (χ3v) is 4.64. The van der Waals surface area contributed by atoms with Crippen LogP contribution in [0.3, 0.4) is 0 Å². The fraction of sp³-hybridized carbons (Fsp3) is 0.182. The van der Waals surface area contributed by atoms with E-state index in [9.17, 15) is 5.11 Å². The molecule has 0 bridgehead atoms. The molecule has 0 saturated carbocycles. The van der Waals surface area contributed by atoms with E-state index in [2.05, 4.69) is 31.8 Å². The number of benzene rings is 1. The molecule has 0 fully saturated rings. The van der Waals surface area contributed by atoms with Crippen LogP contribution in [0.1, 0.15) is 30.1 Å². The molecule has 1 atom stereocenters. The first-order chi connectivity index (χ1) is 14.1. The van der Waals surface area contributed by atoms with E-state index in [4.69, 9.17) is 5.73 Å². The number of aliphatic hydroxyl groups is 1. The lowest BCUT2D eigenvalue weighted by molar-refractivity contribution is 0.222. The Morgan fingerprint density at radius 1 is 1.17 bits per heavy atom. The largest absolute Gasteiger partial charge is 0.382 e. The summed E-state index contributed by atoms with van der Waals surface area (Å²) in [4.78, 5) is 17.5. The minimum Gasteiger partial charge on any atom is -0.382 e. The topological polar surface area (TPSA) is 103 Å². The van der Waals surface area contributed by atoms with Crippen molar-refractivity contribution in [3.05, 3.63) is 66.0 Å². The molecule has 0 aliphatic carbocycles. The number of nitrogens with zero attached hydrogens (tertiary/aromatic N) is 5. The summed E-state index contributed by atoms with van der Waals surface area (Å²) in [6.07, 6.45) is 4.17. The predicted octanol–water partition coefficient (Wildman–Crippen LogP) is 2.88. The highest BCUT2D eigenvalue weighted by molar-refractivity contribution is 5.89. The predicted molar refractivity (Wildman–Crippen MR) is 112 cm³/mol. The smallest absolute Gasteiger partial charge is 0.173 e. The number of fused-ring (bicyclic) bond motifs is 1. The number of anilines is 1. The first-order valence-electron chi connectivity index (χ1n) is 9.26. The Kier molecular flexibility index (Phi) is 4.94. The van der Waals surface area contributed by atoms with Crippen LogP contribution in [-0.4, -0.2) is 29.6 Å². The van der Waals surface area contributed by atoms with Crippen LogP contribution in [0.4, 0.5) is 5.82 Å². The maximum Gasteiger partial charge on any atom is 0.173 e. The molecule has 7 heteroatoms. The number of nitrogen functional groups attached to an aromatic ring is 1. The van der Waals surface area contributed by atoms with Gasteiger partial charge in [-0.1, -0.05) is 24.0 Å². The van der Waals surface area contributed by atoms with Gasteiger partial charge in [-0.05, 0) is 32.0 Å². The molecule has 0 spiro atoms. The summed E-state index contributed by atoms with van der Waals surface area (Å²) in [5.74, 6) is 7.33. The standard InChI is InChI=1S/C22H20N6O/c1-3-28-12-11-25-22(28)18(29)8-7-15-5-4-6-16(13-15)21-26-14(2)17-9-10-24-20(23)19(17)27-21/h4-6,9-13,18,29H,3H2,1-2H3,(H2,23,24). The van der Waals surface area contributed by atoms with Gasteiger partial charge in [0.05, 0.1) is 0 Å². The highest BCUT2D eigenvalue weighted by Gasteiger charge is 2.11. The maximum atomic E-state index is 10.4. The van der Waals surface area contributed by atoms with Crippen LogP contribution in [0, 0.1) is 18.8 Å². The average molecular weight is 384 g/mol. The van der Waals surface area contributed by atoms with Gasteiger partial charge in [0.25, 0.3) is 0 Å². The number of pyridine rings is 1. The first kappa shape index (κ1) is 18.6. The van der Waals surface area contributed by atoms with E-state index in [1.165, 1.54) is 0 Å². The van der Waals surface area contributed by atoms with Crippen LogP contribution in [0.15, 0.2) is 48.9 Å². The summed E-state index contributed by atoms with van der Waals surface area (Å²) < 4.78 is 1.86. The summed E-state index contributed by atoms with van der Waals surface area (Å²) >= 11 is 0. The van der Waals surface area contributed by atoms with Crippen LogP contribution in [0.25, 0.3) is 22.3 Å². The lowest BCUT2D eigenvalue weighted by atomic mass is 10.1. The minimum atomic E-state index is -0.960. The highest BCUT2D eigenvalue weighted by atomic mass is 16.3. The molecule has 3 heterocycles. The summed E-state index contributed by atoms with van der Waals surface area (Å²) in [6.45, 7) is 4.63. The molecular formula is C22H20N6O. The molecule has 0 aliphatic rings. The van der Waals surface area contributed by atoms with Gasteiger partial charge in [0.1, 0.15) is 17.2 Å². The van der Waals surface area contributed by atoms with Crippen molar-refractivity contribution in [1.82, 2.24) is 24.5 Å². The summed E-state index contributed by atoms with van der Waals surface area (Å²) in [6, 6.07) is 9.42. The Hall–Kier alpha value is -3.76. The second kappa shape index (κ2) is 7.70. The second-order valence-electron chi connectivity index (χ2n) is 6.55. The molecule has 0 amide bonds. The summed E-state index contributed by atoms with van der Waals surface area (Å²) in [5.41, 5.74) is 9.02. The Morgan fingerprint density at radius 2 is 2.03 bits per heavy atom. The third-order valence-electron chi connectivity index (χ3n) is 4.64. The molecule has 3 aromatic heterocycles. The maximum absolute atomic E-state index is 10.4. The minimum absolute atomic E-state index is 0.375. The van der Waals surface area contributed by atoms with Crippen LogP contribution in [0.2, 0.25) is 0 Å². The normalized spacial score (nSPS) is 11.8. The van der Waals surface area contributed by atoms with Gasteiger partial charge in [-0.25, -0.2) is 19.9 Å². The molecule has 0 saturated heterocycles. The van der Waals surface area contributed by atoms with E-state index in [0.29, 0.717) is 23.0 Å². The van der Waals surface area contributed by atoms with E-state index >= 15 is 0 Å².